The summed E-state index contributed by atoms with van der Waals surface area (Å²) in [4.78, 5) is 2.37. The summed E-state index contributed by atoms with van der Waals surface area (Å²) in [5, 5.41) is 4.82. The lowest BCUT2D eigenvalue weighted by molar-refractivity contribution is 0.638. The lowest BCUT2D eigenvalue weighted by Crippen LogP contribution is -2.22. The van der Waals surface area contributed by atoms with Gasteiger partial charge in [0.1, 0.15) is 5.58 Å². The van der Waals surface area contributed by atoms with Crippen molar-refractivity contribution < 1.29 is 4.42 Å². The second-order valence-electron chi connectivity index (χ2n) is 14.2. The molecule has 0 saturated carbocycles. The highest BCUT2D eigenvalue weighted by molar-refractivity contribution is 7.25. The van der Waals surface area contributed by atoms with E-state index in [9.17, 15) is 0 Å². The minimum absolute atomic E-state index is 0.375. The Morgan fingerprint density at radius 2 is 1.00 bits per heavy atom. The number of nitrogens with zero attached hydrogens (tertiary/aromatic N) is 1. The number of fused-ring (bicyclic) bond motifs is 9. The van der Waals surface area contributed by atoms with Gasteiger partial charge in [0.2, 0.25) is 0 Å². The van der Waals surface area contributed by atoms with Crippen LogP contribution in [-0.2, 0) is 5.41 Å². The van der Waals surface area contributed by atoms with Crippen molar-refractivity contribution in [3.8, 4) is 22.3 Å². The van der Waals surface area contributed by atoms with E-state index in [-0.39, 0.29) is 5.41 Å². The Hall–Kier alpha value is -6.42. The molecule has 0 unspecified atom stereocenters. The lowest BCUT2D eigenvalue weighted by Gasteiger charge is -2.28. The van der Waals surface area contributed by atoms with E-state index in [1.54, 1.807) is 0 Å². The van der Waals surface area contributed by atoms with Crippen molar-refractivity contribution in [2.75, 3.05) is 4.90 Å². The molecule has 2 heterocycles. The molecule has 0 radical (unpaired) electrons. The Morgan fingerprint density at radius 1 is 0.434 bits per heavy atom. The van der Waals surface area contributed by atoms with Gasteiger partial charge in [-0.1, -0.05) is 146 Å². The first-order valence-corrected chi connectivity index (χ1v) is 19.0. The fourth-order valence-electron chi connectivity index (χ4n) is 8.83. The van der Waals surface area contributed by atoms with Crippen molar-refractivity contribution in [1.29, 1.82) is 0 Å². The molecule has 250 valence electrons. The monoisotopic (exact) mass is 695 g/mol. The molecule has 3 heteroatoms. The molecule has 1 aliphatic rings. The predicted octanol–water partition coefficient (Wildman–Crippen LogP) is 14.4. The zero-order valence-electron chi connectivity index (χ0n) is 29.1. The van der Waals surface area contributed by atoms with Gasteiger partial charge in [-0.25, -0.2) is 0 Å². The van der Waals surface area contributed by atoms with Crippen LogP contribution in [0, 0.1) is 0 Å². The van der Waals surface area contributed by atoms with Gasteiger partial charge in [0.15, 0.2) is 5.58 Å². The van der Waals surface area contributed by atoms with Crippen molar-refractivity contribution in [1.82, 2.24) is 0 Å². The molecular formula is C50H33NOS. The van der Waals surface area contributed by atoms with Crippen LogP contribution in [0.3, 0.4) is 0 Å². The molecular weight excluding hydrogens is 663 g/mol. The second kappa shape index (κ2) is 11.5. The standard InChI is InChI=1S/C50H33NOS/c1-50(42-20-8-5-15-36(42)37-16-6-9-21-43(37)50)44-22-11-18-40-41-19-12-23-45(49(41)52-48(40)44)51(34-27-25-33(26-28-34)32-13-3-2-4-14-32)35-29-30-39-38-17-7-10-24-46(38)53-47(39)31-35/h2-31H,1H3. The molecule has 0 fully saturated rings. The minimum Gasteiger partial charge on any atom is -0.454 e. The summed E-state index contributed by atoms with van der Waals surface area (Å²) in [5.74, 6) is 0. The van der Waals surface area contributed by atoms with Gasteiger partial charge < -0.3 is 9.32 Å². The van der Waals surface area contributed by atoms with Crippen LogP contribution in [0.1, 0.15) is 23.6 Å². The molecule has 10 aromatic rings. The predicted molar refractivity (Wildman–Crippen MR) is 224 cm³/mol. The molecule has 0 bridgehead atoms. The zero-order valence-corrected chi connectivity index (χ0v) is 29.9. The van der Waals surface area contributed by atoms with Crippen molar-refractivity contribution in [3.63, 3.8) is 0 Å². The molecule has 53 heavy (non-hydrogen) atoms. The van der Waals surface area contributed by atoms with Crippen molar-refractivity contribution in [3.05, 3.63) is 199 Å². The third-order valence-electron chi connectivity index (χ3n) is 11.4. The molecule has 2 nitrogen and oxygen atoms in total. The van der Waals surface area contributed by atoms with Crippen LogP contribution in [-0.4, -0.2) is 0 Å². The number of hydrogen-bond donors (Lipinski definition) is 0. The van der Waals surface area contributed by atoms with Gasteiger partial charge >= 0.3 is 0 Å². The summed E-state index contributed by atoms with van der Waals surface area (Å²) in [6.45, 7) is 2.36. The minimum atomic E-state index is -0.375. The largest absolute Gasteiger partial charge is 0.454 e. The fraction of sp³-hybridized carbons (Fsp3) is 0.0400. The van der Waals surface area contributed by atoms with Crippen LogP contribution in [0.5, 0.6) is 0 Å². The topological polar surface area (TPSA) is 16.4 Å². The highest BCUT2D eigenvalue weighted by atomic mass is 32.1. The first-order chi connectivity index (χ1) is 26.2. The van der Waals surface area contributed by atoms with E-state index in [1.165, 1.54) is 59.1 Å². The summed E-state index contributed by atoms with van der Waals surface area (Å²) in [5.41, 5.74) is 13.4. The van der Waals surface area contributed by atoms with Crippen LogP contribution < -0.4 is 4.90 Å². The average molecular weight is 696 g/mol. The Kier molecular flexibility index (Phi) is 6.58. The number of furan rings is 1. The van der Waals surface area contributed by atoms with Gasteiger partial charge in [-0.15, -0.1) is 11.3 Å². The third kappa shape index (κ3) is 4.44. The SMILES string of the molecule is CC1(c2cccc3c2oc2c(N(c4ccc(-c5ccccc5)cc4)c4ccc5c(c4)sc4ccccc45)cccc23)c2ccccc2-c2ccccc21. The van der Waals surface area contributed by atoms with E-state index < -0.39 is 0 Å². The number of anilines is 3. The second-order valence-corrected chi connectivity index (χ2v) is 15.3. The van der Waals surface area contributed by atoms with E-state index >= 15 is 0 Å². The highest BCUT2D eigenvalue weighted by Crippen LogP contribution is 2.54. The van der Waals surface area contributed by atoms with Gasteiger partial charge in [-0.05, 0) is 76.7 Å². The van der Waals surface area contributed by atoms with Gasteiger partial charge in [-0.3, -0.25) is 0 Å². The lowest BCUT2D eigenvalue weighted by atomic mass is 9.74. The Morgan fingerprint density at radius 3 is 1.77 bits per heavy atom. The maximum atomic E-state index is 7.24. The van der Waals surface area contributed by atoms with Crippen LogP contribution in [0.4, 0.5) is 17.1 Å². The fourth-order valence-corrected chi connectivity index (χ4v) is 9.97. The highest BCUT2D eigenvalue weighted by Gasteiger charge is 2.42. The van der Waals surface area contributed by atoms with Gasteiger partial charge in [0.05, 0.1) is 5.69 Å². The van der Waals surface area contributed by atoms with Crippen molar-refractivity contribution in [2.45, 2.75) is 12.3 Å². The normalized spacial score (nSPS) is 13.2. The van der Waals surface area contributed by atoms with Gasteiger partial charge in [0.25, 0.3) is 0 Å². The molecule has 0 aliphatic heterocycles. The summed E-state index contributed by atoms with van der Waals surface area (Å²) in [6, 6.07) is 66.0. The number of benzene rings is 8. The summed E-state index contributed by atoms with van der Waals surface area (Å²) in [6.07, 6.45) is 0. The maximum Gasteiger partial charge on any atom is 0.159 e. The molecule has 0 saturated heterocycles. The van der Waals surface area contributed by atoms with E-state index in [1.807, 2.05) is 11.3 Å². The third-order valence-corrected chi connectivity index (χ3v) is 12.5. The molecule has 0 spiro atoms. The first kappa shape index (κ1) is 30.2. The Labute approximate surface area is 311 Å². The quantitative estimate of drug-likeness (QED) is 0.178. The van der Waals surface area contributed by atoms with E-state index in [2.05, 4.69) is 194 Å². The number of thiophene rings is 1. The maximum absolute atomic E-state index is 7.24. The van der Waals surface area contributed by atoms with Crippen LogP contribution in [0.2, 0.25) is 0 Å². The number of rotatable bonds is 5. The Balaban J connectivity index is 1.14. The molecule has 11 rings (SSSR count). The van der Waals surface area contributed by atoms with Crippen LogP contribution in [0.25, 0.3) is 64.4 Å². The molecule has 0 amide bonds. The van der Waals surface area contributed by atoms with Crippen molar-refractivity contribution >= 4 is 70.5 Å². The van der Waals surface area contributed by atoms with E-state index in [0.717, 1.165) is 39.0 Å². The molecule has 0 N–H and O–H groups in total. The summed E-state index contributed by atoms with van der Waals surface area (Å²) in [7, 11) is 0. The number of para-hydroxylation sites is 2. The number of hydrogen-bond acceptors (Lipinski definition) is 3. The molecule has 8 aromatic carbocycles. The smallest absolute Gasteiger partial charge is 0.159 e. The average Bonchev–Trinajstić information content (AvgIpc) is 3.87. The van der Waals surface area contributed by atoms with Crippen LogP contribution in [0.15, 0.2) is 186 Å². The molecule has 2 aromatic heterocycles. The van der Waals surface area contributed by atoms with E-state index in [4.69, 9.17) is 4.42 Å². The summed E-state index contributed by atoms with van der Waals surface area (Å²) >= 11 is 1.85. The van der Waals surface area contributed by atoms with Crippen molar-refractivity contribution in [2.24, 2.45) is 0 Å². The first-order valence-electron chi connectivity index (χ1n) is 18.2. The van der Waals surface area contributed by atoms with E-state index in [0.29, 0.717) is 0 Å². The Bertz CT molecular complexity index is 2980. The zero-order chi connectivity index (χ0) is 35.1. The van der Waals surface area contributed by atoms with Crippen LogP contribution >= 0.6 is 11.3 Å². The summed E-state index contributed by atoms with van der Waals surface area (Å²) < 4.78 is 9.80. The molecule has 1 aliphatic carbocycles. The van der Waals surface area contributed by atoms with Gasteiger partial charge in [0, 0.05) is 53.3 Å². The molecule has 0 atom stereocenters. The van der Waals surface area contributed by atoms with Gasteiger partial charge in [-0.2, -0.15) is 0 Å².